The van der Waals surface area contributed by atoms with Gasteiger partial charge >= 0.3 is 0 Å². The maximum Gasteiger partial charge on any atom is 0.254 e. The summed E-state index contributed by atoms with van der Waals surface area (Å²) in [5, 5.41) is 1.12. The van der Waals surface area contributed by atoms with E-state index in [9.17, 15) is 4.79 Å². The molecule has 0 bridgehead atoms. The Balaban J connectivity index is 1.58. The Morgan fingerprint density at radius 2 is 1.93 bits per heavy atom. The summed E-state index contributed by atoms with van der Waals surface area (Å²) in [5.74, 6) is 1.44. The van der Waals surface area contributed by atoms with Gasteiger partial charge in [-0.15, -0.1) is 11.3 Å². The van der Waals surface area contributed by atoms with Gasteiger partial charge in [-0.2, -0.15) is 0 Å². The molecule has 1 atom stereocenters. The van der Waals surface area contributed by atoms with E-state index >= 15 is 0 Å². The Hall–Kier alpha value is -2.12. The highest BCUT2D eigenvalue weighted by molar-refractivity contribution is 9.10. The predicted octanol–water partition coefficient (Wildman–Crippen LogP) is 5.10. The number of hydrogen-bond acceptors (Lipinski definition) is 5. The summed E-state index contributed by atoms with van der Waals surface area (Å²) < 4.78 is 12.7. The van der Waals surface area contributed by atoms with Crippen LogP contribution >= 0.6 is 27.3 Å². The molecule has 3 aromatic rings. The summed E-state index contributed by atoms with van der Waals surface area (Å²) in [6.07, 6.45) is 2.02. The molecule has 1 aromatic heterocycles. The Labute approximate surface area is 176 Å². The third-order valence-corrected chi connectivity index (χ3v) is 7.04. The molecule has 1 aliphatic rings. The van der Waals surface area contributed by atoms with Crippen LogP contribution in [0.5, 0.6) is 11.5 Å². The summed E-state index contributed by atoms with van der Waals surface area (Å²) in [4.78, 5) is 19.9. The van der Waals surface area contributed by atoms with E-state index < -0.39 is 0 Å². The van der Waals surface area contributed by atoms with Gasteiger partial charge in [0, 0.05) is 24.6 Å². The maximum absolute atomic E-state index is 13.2. The van der Waals surface area contributed by atoms with E-state index in [1.54, 1.807) is 37.7 Å². The van der Waals surface area contributed by atoms with Crippen LogP contribution in [0.25, 0.3) is 10.2 Å². The molecule has 0 radical (unpaired) electrons. The van der Waals surface area contributed by atoms with Crippen molar-refractivity contribution in [2.24, 2.45) is 0 Å². The zero-order valence-electron chi connectivity index (χ0n) is 15.8. The molecule has 2 heterocycles. The number of para-hydroxylation sites is 1. The van der Waals surface area contributed by atoms with Gasteiger partial charge in [0.2, 0.25) is 0 Å². The van der Waals surface area contributed by atoms with Gasteiger partial charge in [0.05, 0.1) is 29.4 Å². The first-order valence-electron chi connectivity index (χ1n) is 9.17. The van der Waals surface area contributed by atoms with Crippen molar-refractivity contribution < 1.29 is 14.3 Å². The van der Waals surface area contributed by atoms with E-state index in [0.717, 1.165) is 29.9 Å². The minimum atomic E-state index is -0.00471. The zero-order chi connectivity index (χ0) is 19.7. The molecule has 28 heavy (non-hydrogen) atoms. The summed E-state index contributed by atoms with van der Waals surface area (Å²) >= 11 is 5.19. The largest absolute Gasteiger partial charge is 0.495 e. The van der Waals surface area contributed by atoms with Crippen molar-refractivity contribution in [3.63, 3.8) is 0 Å². The van der Waals surface area contributed by atoms with Gasteiger partial charge in [-0.3, -0.25) is 4.79 Å². The summed E-state index contributed by atoms with van der Waals surface area (Å²) in [6.45, 7) is 1.43. The molecule has 4 rings (SSSR count). The van der Waals surface area contributed by atoms with Crippen molar-refractivity contribution in [3.8, 4) is 11.5 Å². The van der Waals surface area contributed by atoms with Gasteiger partial charge in [-0.1, -0.05) is 12.1 Å². The number of piperidine rings is 1. The number of carbonyl (C=O) groups is 1. The molecule has 7 heteroatoms. The minimum absolute atomic E-state index is 0.00471. The van der Waals surface area contributed by atoms with Gasteiger partial charge in [-0.05, 0) is 53.0 Å². The lowest BCUT2D eigenvalue weighted by Crippen LogP contribution is -2.39. The van der Waals surface area contributed by atoms with Gasteiger partial charge < -0.3 is 14.4 Å². The monoisotopic (exact) mass is 460 g/mol. The van der Waals surface area contributed by atoms with Crippen LogP contribution in [-0.4, -0.2) is 43.1 Å². The number of aromatic nitrogens is 1. The number of rotatable bonds is 4. The second-order valence-electron chi connectivity index (χ2n) is 6.80. The lowest BCUT2D eigenvalue weighted by Gasteiger charge is -2.32. The fourth-order valence-corrected chi connectivity index (χ4v) is 5.25. The molecule has 0 spiro atoms. The molecule has 1 saturated heterocycles. The molecule has 0 aliphatic carbocycles. The summed E-state index contributed by atoms with van der Waals surface area (Å²) in [7, 11) is 3.16. The number of thiazole rings is 1. The maximum atomic E-state index is 13.2. The third kappa shape index (κ3) is 3.61. The van der Waals surface area contributed by atoms with Crippen molar-refractivity contribution in [1.29, 1.82) is 0 Å². The number of methoxy groups -OCH3 is 2. The van der Waals surface area contributed by atoms with Crippen LogP contribution in [0.2, 0.25) is 0 Å². The molecule has 0 N–H and O–H groups in total. The van der Waals surface area contributed by atoms with Gasteiger partial charge in [0.25, 0.3) is 5.91 Å². The third-order valence-electron chi connectivity index (χ3n) is 5.06. The predicted molar refractivity (Wildman–Crippen MR) is 115 cm³/mol. The van der Waals surface area contributed by atoms with Gasteiger partial charge in [0.1, 0.15) is 16.0 Å². The van der Waals surface area contributed by atoms with E-state index in [2.05, 4.69) is 22.0 Å². The number of carbonyl (C=O) groups excluding carboxylic acids is 1. The van der Waals surface area contributed by atoms with E-state index in [0.29, 0.717) is 28.1 Å². The van der Waals surface area contributed by atoms with Crippen molar-refractivity contribution in [3.05, 3.63) is 51.4 Å². The second kappa shape index (κ2) is 8.09. The smallest absolute Gasteiger partial charge is 0.254 e. The quantitative estimate of drug-likeness (QED) is 0.543. The number of amides is 1. The summed E-state index contributed by atoms with van der Waals surface area (Å²) in [6, 6.07) is 11.7. The molecule has 1 unspecified atom stereocenters. The second-order valence-corrected chi connectivity index (χ2v) is 8.66. The molecule has 2 aromatic carbocycles. The SMILES string of the molecule is COc1cc(C(=O)N2CCCC(c3nc4ccccc4s3)C2)cc(OC)c1Br. The molecule has 1 aliphatic heterocycles. The first kappa shape index (κ1) is 19.2. The van der Waals surface area contributed by atoms with E-state index in [1.165, 1.54) is 4.70 Å². The van der Waals surface area contributed by atoms with Crippen molar-refractivity contribution in [2.45, 2.75) is 18.8 Å². The first-order chi connectivity index (χ1) is 13.6. The normalized spacial score (nSPS) is 17.0. The minimum Gasteiger partial charge on any atom is -0.495 e. The molecule has 146 valence electrons. The van der Waals surface area contributed by atoms with E-state index in [1.807, 2.05) is 23.1 Å². The molecular formula is C21H21BrN2O3S. The Kier molecular flexibility index (Phi) is 5.55. The van der Waals surface area contributed by atoms with Crippen LogP contribution in [-0.2, 0) is 0 Å². The molecule has 1 amide bonds. The van der Waals surface area contributed by atoms with Gasteiger partial charge in [0.15, 0.2) is 0 Å². The molecular weight excluding hydrogens is 440 g/mol. The topological polar surface area (TPSA) is 51.7 Å². The standard InChI is InChI=1S/C21H21BrN2O3S/c1-26-16-10-14(11-17(27-2)19(16)22)21(25)24-9-5-6-13(12-24)20-23-15-7-3-4-8-18(15)28-20/h3-4,7-8,10-11,13H,5-6,9,12H2,1-2H3. The van der Waals surface area contributed by atoms with Crippen LogP contribution < -0.4 is 9.47 Å². The van der Waals surface area contributed by atoms with E-state index in [-0.39, 0.29) is 11.8 Å². The number of hydrogen-bond donors (Lipinski definition) is 0. The highest BCUT2D eigenvalue weighted by atomic mass is 79.9. The Morgan fingerprint density at radius 3 is 2.61 bits per heavy atom. The van der Waals surface area contributed by atoms with Crippen LogP contribution in [0.3, 0.4) is 0 Å². The highest BCUT2D eigenvalue weighted by Crippen LogP contribution is 2.37. The van der Waals surface area contributed by atoms with Crippen LogP contribution in [0.1, 0.15) is 34.1 Å². The number of nitrogens with zero attached hydrogens (tertiary/aromatic N) is 2. The fourth-order valence-electron chi connectivity index (χ4n) is 3.60. The molecule has 0 saturated carbocycles. The number of ether oxygens (including phenoxy) is 2. The van der Waals surface area contributed by atoms with Crippen LogP contribution in [0.4, 0.5) is 0 Å². The average Bonchev–Trinajstić information content (AvgIpc) is 3.18. The lowest BCUT2D eigenvalue weighted by molar-refractivity contribution is 0.0706. The van der Waals surface area contributed by atoms with Crippen molar-refractivity contribution in [2.75, 3.05) is 27.3 Å². The molecule has 5 nitrogen and oxygen atoms in total. The van der Waals surface area contributed by atoms with Gasteiger partial charge in [-0.25, -0.2) is 4.98 Å². The lowest BCUT2D eigenvalue weighted by atomic mass is 9.98. The molecule has 1 fully saturated rings. The zero-order valence-corrected chi connectivity index (χ0v) is 18.2. The number of benzene rings is 2. The van der Waals surface area contributed by atoms with Crippen molar-refractivity contribution >= 4 is 43.4 Å². The van der Waals surface area contributed by atoms with Crippen molar-refractivity contribution in [1.82, 2.24) is 9.88 Å². The Morgan fingerprint density at radius 1 is 1.21 bits per heavy atom. The van der Waals surface area contributed by atoms with Crippen LogP contribution in [0, 0.1) is 0 Å². The first-order valence-corrected chi connectivity index (χ1v) is 10.8. The summed E-state index contributed by atoms with van der Waals surface area (Å²) in [5.41, 5.74) is 1.61. The Bertz CT molecular complexity index is 962. The highest BCUT2D eigenvalue weighted by Gasteiger charge is 2.28. The number of fused-ring (bicyclic) bond motifs is 1. The van der Waals surface area contributed by atoms with E-state index in [4.69, 9.17) is 14.5 Å². The number of halogens is 1. The van der Waals surface area contributed by atoms with Crippen LogP contribution in [0.15, 0.2) is 40.9 Å². The average molecular weight is 461 g/mol. The number of likely N-dealkylation sites (tertiary alicyclic amines) is 1. The fraction of sp³-hybridized carbons (Fsp3) is 0.333.